The maximum Gasteiger partial charge on any atom is 0.271 e. The summed E-state index contributed by atoms with van der Waals surface area (Å²) < 4.78 is 6.78. The highest BCUT2D eigenvalue weighted by Crippen LogP contribution is 2.13. The number of aryl methyl sites for hydroxylation is 1. The van der Waals surface area contributed by atoms with Crippen LogP contribution in [0.25, 0.3) is 0 Å². The maximum atomic E-state index is 12.1. The highest BCUT2D eigenvalue weighted by Gasteiger charge is 2.19. The number of halogens is 1. The molecule has 1 unspecified atom stereocenters. The van der Waals surface area contributed by atoms with E-state index < -0.39 is 0 Å². The lowest BCUT2D eigenvalue weighted by molar-refractivity contribution is 0.0342. The van der Waals surface area contributed by atoms with Crippen LogP contribution in [0.4, 0.5) is 0 Å². The Morgan fingerprint density at radius 2 is 2.26 bits per heavy atom. The number of amides is 1. The molecule has 6 nitrogen and oxygen atoms in total. The first-order chi connectivity index (χ1) is 9.08. The van der Waals surface area contributed by atoms with Crippen LogP contribution in [0.3, 0.4) is 0 Å². The SMILES string of the molecule is CC(CN1CCOCC1)NC(=O)c1c(Cl)cnn1C. The van der Waals surface area contributed by atoms with Crippen LogP contribution in [0.1, 0.15) is 17.4 Å². The van der Waals surface area contributed by atoms with Gasteiger partial charge in [0.25, 0.3) is 5.91 Å². The average molecular weight is 287 g/mol. The van der Waals surface area contributed by atoms with Crippen LogP contribution in [0.15, 0.2) is 6.20 Å². The van der Waals surface area contributed by atoms with Crippen LogP contribution in [0.5, 0.6) is 0 Å². The van der Waals surface area contributed by atoms with Gasteiger partial charge in [-0.2, -0.15) is 5.10 Å². The van der Waals surface area contributed by atoms with E-state index in [1.165, 1.54) is 10.9 Å². The molecule has 1 aliphatic heterocycles. The quantitative estimate of drug-likeness (QED) is 0.877. The molecule has 0 bridgehead atoms. The van der Waals surface area contributed by atoms with Gasteiger partial charge in [0, 0.05) is 32.7 Å². The van der Waals surface area contributed by atoms with Crippen LogP contribution in [-0.4, -0.2) is 59.5 Å². The summed E-state index contributed by atoms with van der Waals surface area (Å²) in [5, 5.41) is 7.28. The van der Waals surface area contributed by atoms with E-state index in [0.29, 0.717) is 10.7 Å². The zero-order valence-electron chi connectivity index (χ0n) is 11.2. The molecule has 106 valence electrons. The lowest BCUT2D eigenvalue weighted by Crippen LogP contribution is -2.46. The molecule has 1 aliphatic rings. The summed E-state index contributed by atoms with van der Waals surface area (Å²) in [6, 6.07) is 0.0524. The van der Waals surface area contributed by atoms with Crippen molar-refractivity contribution >= 4 is 17.5 Å². The van der Waals surface area contributed by atoms with Gasteiger partial charge in [-0.05, 0) is 6.92 Å². The Hall–Kier alpha value is -1.11. The van der Waals surface area contributed by atoms with Crippen LogP contribution >= 0.6 is 11.6 Å². The van der Waals surface area contributed by atoms with E-state index in [9.17, 15) is 4.79 Å². The van der Waals surface area contributed by atoms with E-state index in [1.807, 2.05) is 6.92 Å². The minimum Gasteiger partial charge on any atom is -0.379 e. The number of rotatable bonds is 4. The summed E-state index contributed by atoms with van der Waals surface area (Å²) in [5.74, 6) is -0.189. The summed E-state index contributed by atoms with van der Waals surface area (Å²) in [6.07, 6.45) is 1.48. The van der Waals surface area contributed by atoms with Gasteiger partial charge in [0.1, 0.15) is 5.69 Å². The van der Waals surface area contributed by atoms with Crippen molar-refractivity contribution in [1.82, 2.24) is 20.0 Å². The van der Waals surface area contributed by atoms with Gasteiger partial charge in [0.2, 0.25) is 0 Å². The predicted molar refractivity (Wildman–Crippen MR) is 72.4 cm³/mol. The summed E-state index contributed by atoms with van der Waals surface area (Å²) in [4.78, 5) is 14.4. The van der Waals surface area contributed by atoms with Crippen molar-refractivity contribution in [2.45, 2.75) is 13.0 Å². The number of ether oxygens (including phenoxy) is 1. The average Bonchev–Trinajstić information content (AvgIpc) is 2.70. The Morgan fingerprint density at radius 3 is 2.84 bits per heavy atom. The van der Waals surface area contributed by atoms with Crippen molar-refractivity contribution in [3.63, 3.8) is 0 Å². The van der Waals surface area contributed by atoms with E-state index in [2.05, 4.69) is 15.3 Å². The van der Waals surface area contributed by atoms with E-state index in [4.69, 9.17) is 16.3 Å². The second-order valence-corrected chi connectivity index (χ2v) is 5.16. The fraction of sp³-hybridized carbons (Fsp3) is 0.667. The molecule has 0 radical (unpaired) electrons. The van der Waals surface area contributed by atoms with Gasteiger partial charge in [-0.3, -0.25) is 14.4 Å². The van der Waals surface area contributed by atoms with Gasteiger partial charge in [0.05, 0.1) is 24.4 Å². The molecule has 0 aliphatic carbocycles. The van der Waals surface area contributed by atoms with Crippen molar-refractivity contribution in [3.05, 3.63) is 16.9 Å². The first-order valence-electron chi connectivity index (χ1n) is 6.36. The molecular weight excluding hydrogens is 268 g/mol. The fourth-order valence-corrected chi connectivity index (χ4v) is 2.43. The van der Waals surface area contributed by atoms with Gasteiger partial charge in [-0.15, -0.1) is 0 Å². The third-order valence-corrected chi connectivity index (χ3v) is 3.40. The zero-order chi connectivity index (χ0) is 13.8. The second-order valence-electron chi connectivity index (χ2n) is 4.75. The summed E-state index contributed by atoms with van der Waals surface area (Å²) in [7, 11) is 1.70. The number of nitrogens with zero attached hydrogens (tertiary/aromatic N) is 3. The zero-order valence-corrected chi connectivity index (χ0v) is 12.0. The van der Waals surface area contributed by atoms with Gasteiger partial charge in [0.15, 0.2) is 0 Å². The highest BCUT2D eigenvalue weighted by molar-refractivity contribution is 6.33. The minimum atomic E-state index is -0.189. The third kappa shape index (κ3) is 3.68. The molecule has 0 aromatic carbocycles. The molecular formula is C12H19ClN4O2. The standard InChI is InChI=1S/C12H19ClN4O2/c1-9(8-17-3-5-19-6-4-17)15-12(18)11-10(13)7-14-16(11)2/h7,9H,3-6,8H2,1-2H3,(H,15,18). The molecule has 1 N–H and O–H groups in total. The predicted octanol–water partition coefficient (Wildman–Crippen LogP) is 0.524. The van der Waals surface area contributed by atoms with Crippen molar-refractivity contribution in [2.75, 3.05) is 32.8 Å². The smallest absolute Gasteiger partial charge is 0.271 e. The largest absolute Gasteiger partial charge is 0.379 e. The Morgan fingerprint density at radius 1 is 1.58 bits per heavy atom. The maximum absolute atomic E-state index is 12.1. The number of nitrogens with one attached hydrogen (secondary N) is 1. The Bertz CT molecular complexity index is 423. The van der Waals surface area contributed by atoms with Crippen LogP contribution in [0.2, 0.25) is 5.02 Å². The number of hydrogen-bond donors (Lipinski definition) is 1. The van der Waals surface area contributed by atoms with E-state index in [1.54, 1.807) is 7.05 Å². The molecule has 1 aromatic rings. The molecule has 1 fully saturated rings. The molecule has 7 heteroatoms. The lowest BCUT2D eigenvalue weighted by atomic mass is 10.2. The number of carbonyl (C=O) groups is 1. The van der Waals surface area contributed by atoms with Gasteiger partial charge in [-0.1, -0.05) is 11.6 Å². The molecule has 1 amide bonds. The fourth-order valence-electron chi connectivity index (χ4n) is 2.17. The molecule has 1 aromatic heterocycles. The molecule has 2 rings (SSSR count). The topological polar surface area (TPSA) is 59.4 Å². The molecule has 2 heterocycles. The Labute approximate surface area is 117 Å². The summed E-state index contributed by atoms with van der Waals surface area (Å²) in [6.45, 7) is 6.13. The second kappa shape index (κ2) is 6.36. The lowest BCUT2D eigenvalue weighted by Gasteiger charge is -2.29. The minimum absolute atomic E-state index is 0.0524. The number of carbonyl (C=O) groups excluding carboxylic acids is 1. The van der Waals surface area contributed by atoms with Gasteiger partial charge in [-0.25, -0.2) is 0 Å². The first kappa shape index (κ1) is 14.3. The molecule has 0 saturated carbocycles. The van der Waals surface area contributed by atoms with Crippen LogP contribution in [-0.2, 0) is 11.8 Å². The number of hydrogen-bond acceptors (Lipinski definition) is 4. The van der Waals surface area contributed by atoms with Crippen molar-refractivity contribution in [3.8, 4) is 0 Å². The van der Waals surface area contributed by atoms with E-state index in [0.717, 1.165) is 32.8 Å². The highest BCUT2D eigenvalue weighted by atomic mass is 35.5. The van der Waals surface area contributed by atoms with Crippen molar-refractivity contribution in [1.29, 1.82) is 0 Å². The Kier molecular flexibility index (Phi) is 4.79. The molecule has 1 saturated heterocycles. The molecule has 19 heavy (non-hydrogen) atoms. The van der Waals surface area contributed by atoms with E-state index in [-0.39, 0.29) is 11.9 Å². The normalized spacial score (nSPS) is 18.3. The summed E-state index contributed by atoms with van der Waals surface area (Å²) >= 11 is 5.94. The number of aromatic nitrogens is 2. The van der Waals surface area contributed by atoms with Gasteiger partial charge >= 0.3 is 0 Å². The third-order valence-electron chi connectivity index (χ3n) is 3.12. The summed E-state index contributed by atoms with van der Waals surface area (Å²) in [5.41, 5.74) is 0.399. The van der Waals surface area contributed by atoms with E-state index >= 15 is 0 Å². The number of morpholine rings is 1. The van der Waals surface area contributed by atoms with Gasteiger partial charge < -0.3 is 10.1 Å². The first-order valence-corrected chi connectivity index (χ1v) is 6.74. The Balaban J connectivity index is 1.88. The van der Waals surface area contributed by atoms with Crippen LogP contribution in [0, 0.1) is 0 Å². The van der Waals surface area contributed by atoms with Crippen molar-refractivity contribution < 1.29 is 9.53 Å². The molecule has 1 atom stereocenters. The van der Waals surface area contributed by atoms with Crippen molar-refractivity contribution in [2.24, 2.45) is 7.05 Å². The monoisotopic (exact) mass is 286 g/mol. The molecule has 0 spiro atoms. The van der Waals surface area contributed by atoms with Crippen LogP contribution < -0.4 is 5.32 Å².